The van der Waals surface area contributed by atoms with Gasteiger partial charge in [-0.15, -0.1) is 0 Å². The lowest BCUT2D eigenvalue weighted by Gasteiger charge is -2.19. The van der Waals surface area contributed by atoms with Gasteiger partial charge in [0, 0.05) is 7.05 Å². The van der Waals surface area contributed by atoms with Gasteiger partial charge in [-0.3, -0.25) is 9.59 Å². The molecule has 0 saturated heterocycles. The molecule has 0 bridgehead atoms. The molecule has 0 heterocycles. The number of nitrogens with zero attached hydrogens (tertiary/aromatic N) is 1. The predicted molar refractivity (Wildman–Crippen MR) is 96.3 cm³/mol. The first-order valence-electron chi connectivity index (χ1n) is 7.85. The van der Waals surface area contributed by atoms with E-state index in [0.717, 1.165) is 23.1 Å². The summed E-state index contributed by atoms with van der Waals surface area (Å²) in [5.74, 6) is -6.44. The number of rotatable bonds is 6. The Morgan fingerprint density at radius 2 is 1.79 bits per heavy atom. The van der Waals surface area contributed by atoms with Gasteiger partial charge in [-0.25, -0.2) is 26.7 Å². The first kappa shape index (κ1) is 22.2. The lowest BCUT2D eigenvalue weighted by atomic mass is 10.1. The largest absolute Gasteiger partial charge is 0.496 e. The molecule has 0 aromatic heterocycles. The molecule has 0 radical (unpaired) electrons. The molecule has 0 unspecified atom stereocenters. The van der Waals surface area contributed by atoms with Gasteiger partial charge in [0.05, 0.1) is 29.8 Å². The summed E-state index contributed by atoms with van der Waals surface area (Å²) >= 11 is 0. The molecule has 0 fully saturated rings. The number of sulfonamides is 1. The summed E-state index contributed by atoms with van der Waals surface area (Å²) < 4.78 is 67.8. The van der Waals surface area contributed by atoms with Gasteiger partial charge < -0.3 is 15.0 Å². The van der Waals surface area contributed by atoms with Gasteiger partial charge in [-0.2, -0.15) is 0 Å². The number of nitrogens with one attached hydrogen (secondary N) is 1. The SMILES string of the molecule is COc1ccc(S(N)(=O)=O)cc1C(=O)N(C)CC(=O)Nc1ccc(F)c(F)c1F. The lowest BCUT2D eigenvalue weighted by Crippen LogP contribution is -2.35. The third kappa shape index (κ3) is 5.03. The van der Waals surface area contributed by atoms with Crippen LogP contribution in [0.4, 0.5) is 18.9 Å². The summed E-state index contributed by atoms with van der Waals surface area (Å²) in [5.41, 5.74) is -0.795. The van der Waals surface area contributed by atoms with Crippen molar-refractivity contribution in [3.8, 4) is 5.75 Å². The van der Waals surface area contributed by atoms with Crippen molar-refractivity contribution in [1.29, 1.82) is 0 Å². The summed E-state index contributed by atoms with van der Waals surface area (Å²) in [5, 5.41) is 7.06. The van der Waals surface area contributed by atoms with E-state index in [-0.39, 0.29) is 16.2 Å². The van der Waals surface area contributed by atoms with Crippen LogP contribution in [0.2, 0.25) is 0 Å². The highest BCUT2D eigenvalue weighted by atomic mass is 32.2. The van der Waals surface area contributed by atoms with Crippen molar-refractivity contribution in [3.63, 3.8) is 0 Å². The fourth-order valence-corrected chi connectivity index (χ4v) is 2.88. The van der Waals surface area contributed by atoms with Crippen LogP contribution in [0, 0.1) is 17.5 Å². The molecule has 0 aliphatic rings. The number of nitrogens with two attached hydrogens (primary N) is 1. The minimum absolute atomic E-state index is 0.0290. The minimum atomic E-state index is -4.10. The molecule has 156 valence electrons. The van der Waals surface area contributed by atoms with Crippen LogP contribution >= 0.6 is 0 Å². The van der Waals surface area contributed by atoms with E-state index >= 15 is 0 Å². The van der Waals surface area contributed by atoms with Gasteiger partial charge in [-0.05, 0) is 30.3 Å². The number of benzene rings is 2. The summed E-state index contributed by atoms with van der Waals surface area (Å²) in [6, 6.07) is 4.81. The zero-order valence-electron chi connectivity index (χ0n) is 15.2. The van der Waals surface area contributed by atoms with Crippen LogP contribution in [0.1, 0.15) is 10.4 Å². The third-order valence-corrected chi connectivity index (χ3v) is 4.68. The van der Waals surface area contributed by atoms with Crippen molar-refractivity contribution in [1.82, 2.24) is 4.90 Å². The molecule has 2 amide bonds. The molecule has 0 aliphatic heterocycles. The second-order valence-corrected chi connectivity index (χ2v) is 7.40. The number of ether oxygens (including phenoxy) is 1. The summed E-state index contributed by atoms with van der Waals surface area (Å²) in [4.78, 5) is 25.2. The van der Waals surface area contributed by atoms with E-state index in [1.807, 2.05) is 5.32 Å². The quantitative estimate of drug-likeness (QED) is 0.672. The monoisotopic (exact) mass is 431 g/mol. The van der Waals surface area contributed by atoms with Crippen LogP contribution < -0.4 is 15.2 Å². The molecule has 8 nitrogen and oxygen atoms in total. The number of carbonyl (C=O) groups excluding carboxylic acids is 2. The molecule has 3 N–H and O–H groups in total. The van der Waals surface area contributed by atoms with Crippen LogP contribution in [0.5, 0.6) is 5.75 Å². The summed E-state index contributed by atoms with van der Waals surface area (Å²) in [6.45, 7) is -0.611. The Kier molecular flexibility index (Phi) is 6.49. The van der Waals surface area contributed by atoms with E-state index in [1.54, 1.807) is 0 Å². The van der Waals surface area contributed by atoms with E-state index in [9.17, 15) is 31.2 Å². The average Bonchev–Trinajstić information content (AvgIpc) is 2.66. The van der Waals surface area contributed by atoms with E-state index in [1.165, 1.54) is 20.2 Å². The molecular weight excluding hydrogens is 415 g/mol. The van der Waals surface area contributed by atoms with Gasteiger partial charge in [-0.1, -0.05) is 0 Å². The maximum Gasteiger partial charge on any atom is 0.257 e. The molecule has 29 heavy (non-hydrogen) atoms. The Hall–Kier alpha value is -3.12. The van der Waals surface area contributed by atoms with Crippen molar-refractivity contribution in [2.45, 2.75) is 4.90 Å². The van der Waals surface area contributed by atoms with Gasteiger partial charge in [0.2, 0.25) is 15.9 Å². The lowest BCUT2D eigenvalue weighted by molar-refractivity contribution is -0.116. The number of anilines is 1. The van der Waals surface area contributed by atoms with Crippen LogP contribution in [0.25, 0.3) is 0 Å². The molecule has 2 rings (SSSR count). The van der Waals surface area contributed by atoms with Crippen molar-refractivity contribution in [2.75, 3.05) is 26.0 Å². The van der Waals surface area contributed by atoms with Crippen LogP contribution in [0.3, 0.4) is 0 Å². The Morgan fingerprint density at radius 1 is 1.14 bits per heavy atom. The second kappa shape index (κ2) is 8.49. The van der Waals surface area contributed by atoms with E-state index in [0.29, 0.717) is 6.07 Å². The molecule has 12 heteroatoms. The van der Waals surface area contributed by atoms with Gasteiger partial charge in [0.1, 0.15) is 5.75 Å². The number of carbonyl (C=O) groups is 2. The zero-order valence-corrected chi connectivity index (χ0v) is 16.0. The summed E-state index contributed by atoms with van der Waals surface area (Å²) in [7, 11) is -1.63. The number of hydrogen-bond acceptors (Lipinski definition) is 5. The topological polar surface area (TPSA) is 119 Å². The number of halogens is 3. The van der Waals surface area contributed by atoms with Gasteiger partial charge >= 0.3 is 0 Å². The standard InChI is InChI=1S/C17H16F3N3O5S/c1-23(8-14(24)22-12-5-4-11(18)15(19)16(12)20)17(25)10-7-9(29(21,26)27)3-6-13(10)28-2/h3-7H,8H2,1-2H3,(H,22,24)(H2,21,26,27). The smallest absolute Gasteiger partial charge is 0.257 e. The van der Waals surface area contributed by atoms with Gasteiger partial charge in [0.25, 0.3) is 5.91 Å². The van der Waals surface area contributed by atoms with Crippen molar-refractivity contribution < 1.29 is 35.9 Å². The highest BCUT2D eigenvalue weighted by molar-refractivity contribution is 7.89. The molecule has 0 saturated carbocycles. The molecule has 0 aliphatic carbocycles. The third-order valence-electron chi connectivity index (χ3n) is 3.77. The highest BCUT2D eigenvalue weighted by Gasteiger charge is 2.22. The Bertz CT molecular complexity index is 1080. The number of primary sulfonamides is 1. The fourth-order valence-electron chi connectivity index (χ4n) is 2.34. The Balaban J connectivity index is 2.21. The molecule has 0 atom stereocenters. The predicted octanol–water partition coefficient (Wildman–Crippen LogP) is 1.47. The Labute approximate surface area is 164 Å². The number of amides is 2. The summed E-state index contributed by atoms with van der Waals surface area (Å²) in [6.07, 6.45) is 0. The first-order valence-corrected chi connectivity index (χ1v) is 9.40. The van der Waals surface area contributed by atoms with Crippen molar-refractivity contribution in [2.24, 2.45) is 5.14 Å². The van der Waals surface area contributed by atoms with Crippen molar-refractivity contribution >= 4 is 27.5 Å². The number of likely N-dealkylation sites (N-methyl/N-ethyl adjacent to an activating group) is 1. The Morgan fingerprint density at radius 3 is 2.38 bits per heavy atom. The molecular formula is C17H16F3N3O5S. The average molecular weight is 431 g/mol. The minimum Gasteiger partial charge on any atom is -0.496 e. The number of hydrogen-bond donors (Lipinski definition) is 2. The highest BCUT2D eigenvalue weighted by Crippen LogP contribution is 2.23. The molecule has 0 spiro atoms. The first-order chi connectivity index (χ1) is 13.5. The van der Waals surface area contributed by atoms with Crippen LogP contribution in [-0.4, -0.2) is 45.8 Å². The maximum atomic E-state index is 13.6. The van der Waals surface area contributed by atoms with E-state index < -0.39 is 51.5 Å². The normalized spacial score (nSPS) is 11.1. The maximum absolute atomic E-state index is 13.6. The van der Waals surface area contributed by atoms with E-state index in [4.69, 9.17) is 9.88 Å². The molecule has 2 aromatic rings. The van der Waals surface area contributed by atoms with Crippen molar-refractivity contribution in [3.05, 3.63) is 53.3 Å². The second-order valence-electron chi connectivity index (χ2n) is 5.84. The van der Waals surface area contributed by atoms with E-state index in [2.05, 4.69) is 0 Å². The van der Waals surface area contributed by atoms with Crippen LogP contribution in [0.15, 0.2) is 35.2 Å². The zero-order chi connectivity index (χ0) is 21.9. The number of methoxy groups -OCH3 is 1. The van der Waals surface area contributed by atoms with Gasteiger partial charge in [0.15, 0.2) is 17.5 Å². The van der Waals surface area contributed by atoms with Crippen LogP contribution in [-0.2, 0) is 14.8 Å². The fraction of sp³-hybridized carbons (Fsp3) is 0.176. The molecule has 2 aromatic carbocycles.